The summed E-state index contributed by atoms with van der Waals surface area (Å²) < 4.78 is 0. The Hall–Kier alpha value is -2.57. The second-order valence-electron chi connectivity index (χ2n) is 6.54. The fourth-order valence-corrected chi connectivity index (χ4v) is 2.85. The third kappa shape index (κ3) is 3.06. The van der Waals surface area contributed by atoms with Gasteiger partial charge < -0.3 is 10.4 Å². The summed E-state index contributed by atoms with van der Waals surface area (Å²) in [6.07, 6.45) is 1.28. The minimum Gasteiger partial charge on any atom is -0.377 e. The quantitative estimate of drug-likeness (QED) is 0.851. The molecule has 24 heavy (non-hydrogen) atoms. The van der Waals surface area contributed by atoms with Gasteiger partial charge in [-0.05, 0) is 50.5 Å². The van der Waals surface area contributed by atoms with Crippen molar-refractivity contribution in [1.82, 2.24) is 0 Å². The number of aryl methyl sites for hydroxylation is 1. The predicted octanol–water partition coefficient (Wildman–Crippen LogP) is 3.52. The summed E-state index contributed by atoms with van der Waals surface area (Å²) in [5.41, 5.74) is 0.400. The van der Waals surface area contributed by atoms with Crippen molar-refractivity contribution in [2.45, 2.75) is 32.3 Å². The number of carbonyl (C=O) groups excluding carboxylic acids is 1. The number of hydrogen-bond acceptors (Lipinski definition) is 2. The molecule has 0 aliphatic heterocycles. The van der Waals surface area contributed by atoms with Crippen LogP contribution in [0.5, 0.6) is 0 Å². The average molecular weight is 319 g/mol. The van der Waals surface area contributed by atoms with Gasteiger partial charge in [0.15, 0.2) is 0 Å². The average Bonchev–Trinajstić information content (AvgIpc) is 3.39. The highest BCUT2D eigenvalue weighted by Gasteiger charge is 2.61. The van der Waals surface area contributed by atoms with E-state index < -0.39 is 11.0 Å². The molecule has 0 bridgehead atoms. The number of anilines is 1. The molecular formula is C21H21NO2. The summed E-state index contributed by atoms with van der Waals surface area (Å²) in [5.74, 6) is 5.72. The van der Waals surface area contributed by atoms with Crippen LogP contribution in [-0.2, 0) is 4.79 Å². The first-order valence-corrected chi connectivity index (χ1v) is 8.12. The number of amides is 1. The normalized spacial score (nSPS) is 17.1. The zero-order chi connectivity index (χ0) is 17.2. The van der Waals surface area contributed by atoms with Gasteiger partial charge in [0.05, 0.1) is 5.41 Å². The number of para-hydroxylation sites is 1. The van der Waals surface area contributed by atoms with Crippen LogP contribution in [0, 0.1) is 24.2 Å². The first-order chi connectivity index (χ1) is 11.4. The molecule has 1 atom stereocenters. The smallest absolute Gasteiger partial charge is 0.234 e. The molecule has 2 N–H and O–H groups in total. The number of nitrogens with one attached hydrogen (secondary N) is 1. The Morgan fingerprint density at radius 1 is 1.12 bits per heavy atom. The molecule has 1 fully saturated rings. The number of carbonyl (C=O) groups is 1. The van der Waals surface area contributed by atoms with Gasteiger partial charge in [0.25, 0.3) is 0 Å². The minimum absolute atomic E-state index is 0.163. The highest BCUT2D eigenvalue weighted by molar-refractivity contribution is 5.99. The second kappa shape index (κ2) is 6.14. The molecule has 1 amide bonds. The Balaban J connectivity index is 1.81. The van der Waals surface area contributed by atoms with Gasteiger partial charge in [0.1, 0.15) is 5.60 Å². The van der Waals surface area contributed by atoms with E-state index in [0.29, 0.717) is 12.8 Å². The zero-order valence-corrected chi connectivity index (χ0v) is 14.0. The van der Waals surface area contributed by atoms with Crippen molar-refractivity contribution < 1.29 is 9.90 Å². The van der Waals surface area contributed by atoms with E-state index in [4.69, 9.17) is 0 Å². The molecule has 2 aromatic rings. The maximum atomic E-state index is 12.8. The third-order valence-corrected chi connectivity index (χ3v) is 4.73. The molecular weight excluding hydrogens is 298 g/mol. The van der Waals surface area contributed by atoms with Gasteiger partial charge >= 0.3 is 0 Å². The predicted molar refractivity (Wildman–Crippen MR) is 95.4 cm³/mol. The summed E-state index contributed by atoms with van der Waals surface area (Å²) >= 11 is 0. The summed E-state index contributed by atoms with van der Waals surface area (Å²) in [6, 6.07) is 17.1. The Labute approximate surface area is 142 Å². The number of aliphatic hydroxyl groups is 1. The highest BCUT2D eigenvalue weighted by Crippen LogP contribution is 2.54. The van der Waals surface area contributed by atoms with Crippen molar-refractivity contribution in [3.05, 3.63) is 65.7 Å². The van der Waals surface area contributed by atoms with Crippen LogP contribution < -0.4 is 5.32 Å². The molecule has 0 heterocycles. The number of rotatable bonds is 3. The molecule has 1 saturated carbocycles. The van der Waals surface area contributed by atoms with Crippen LogP contribution in [0.15, 0.2) is 54.6 Å². The van der Waals surface area contributed by atoms with Crippen LogP contribution in [-0.4, -0.2) is 16.6 Å². The number of hydrogen-bond donors (Lipinski definition) is 2. The molecule has 1 unspecified atom stereocenters. The Morgan fingerprint density at radius 3 is 2.38 bits per heavy atom. The van der Waals surface area contributed by atoms with Crippen molar-refractivity contribution >= 4 is 11.6 Å². The Kier molecular flexibility index (Phi) is 4.17. The van der Waals surface area contributed by atoms with Gasteiger partial charge in [-0.15, -0.1) is 0 Å². The van der Waals surface area contributed by atoms with E-state index >= 15 is 0 Å². The van der Waals surface area contributed by atoms with Gasteiger partial charge in [0, 0.05) is 11.3 Å². The molecule has 0 spiro atoms. The third-order valence-electron chi connectivity index (χ3n) is 4.73. The van der Waals surface area contributed by atoms with Crippen molar-refractivity contribution in [3.63, 3.8) is 0 Å². The first kappa shape index (κ1) is 16.3. The lowest BCUT2D eigenvalue weighted by Crippen LogP contribution is -2.43. The van der Waals surface area contributed by atoms with E-state index in [1.54, 1.807) is 6.92 Å². The first-order valence-electron chi connectivity index (χ1n) is 8.12. The molecule has 122 valence electrons. The topological polar surface area (TPSA) is 49.3 Å². The van der Waals surface area contributed by atoms with Crippen LogP contribution >= 0.6 is 0 Å². The maximum Gasteiger partial charge on any atom is 0.234 e. The second-order valence-corrected chi connectivity index (χ2v) is 6.54. The highest BCUT2D eigenvalue weighted by atomic mass is 16.3. The van der Waals surface area contributed by atoms with Crippen LogP contribution in [0.1, 0.15) is 30.9 Å². The largest absolute Gasteiger partial charge is 0.377 e. The van der Waals surface area contributed by atoms with Crippen LogP contribution in [0.2, 0.25) is 0 Å². The van der Waals surface area contributed by atoms with Crippen LogP contribution in [0.25, 0.3) is 0 Å². The van der Waals surface area contributed by atoms with Gasteiger partial charge in [-0.2, -0.15) is 0 Å². The Bertz CT molecular complexity index is 808. The number of benzene rings is 2. The maximum absolute atomic E-state index is 12.8. The molecule has 2 aromatic carbocycles. The van der Waals surface area contributed by atoms with E-state index in [0.717, 1.165) is 16.8 Å². The molecule has 3 rings (SSSR count). The van der Waals surface area contributed by atoms with Crippen molar-refractivity contribution in [2.24, 2.45) is 5.41 Å². The lowest BCUT2D eigenvalue weighted by atomic mass is 9.85. The van der Waals surface area contributed by atoms with Crippen LogP contribution in [0.3, 0.4) is 0 Å². The van der Waals surface area contributed by atoms with Crippen LogP contribution in [0.4, 0.5) is 5.69 Å². The standard InChI is InChI=1S/C21H21NO2/c1-16-8-6-7-11-18(16)22-19(23)21(14-15-21)20(2,24)13-12-17-9-4-3-5-10-17/h3-11,24H,14-15H2,1-2H3,(H,22,23). The fraction of sp³-hybridized carbons (Fsp3) is 0.286. The molecule has 3 heteroatoms. The van der Waals surface area contributed by atoms with Gasteiger partial charge in [0.2, 0.25) is 5.91 Å². The van der Waals surface area contributed by atoms with Gasteiger partial charge in [-0.3, -0.25) is 4.79 Å². The molecule has 0 radical (unpaired) electrons. The summed E-state index contributed by atoms with van der Waals surface area (Å²) in [7, 11) is 0. The van der Waals surface area contributed by atoms with E-state index in [1.165, 1.54) is 0 Å². The van der Waals surface area contributed by atoms with E-state index in [2.05, 4.69) is 17.2 Å². The van der Waals surface area contributed by atoms with E-state index in [-0.39, 0.29) is 5.91 Å². The molecule has 3 nitrogen and oxygen atoms in total. The summed E-state index contributed by atoms with van der Waals surface area (Å²) in [5, 5.41) is 13.8. The molecule has 1 aliphatic rings. The van der Waals surface area contributed by atoms with Crippen molar-refractivity contribution in [3.8, 4) is 11.8 Å². The SMILES string of the molecule is Cc1ccccc1NC(=O)C1(C(C)(O)C#Cc2ccccc2)CC1. The molecule has 1 aliphatic carbocycles. The molecule has 0 saturated heterocycles. The lowest BCUT2D eigenvalue weighted by Gasteiger charge is -2.27. The minimum atomic E-state index is -1.37. The zero-order valence-electron chi connectivity index (χ0n) is 14.0. The monoisotopic (exact) mass is 319 g/mol. The Morgan fingerprint density at radius 2 is 1.75 bits per heavy atom. The van der Waals surface area contributed by atoms with E-state index in [1.807, 2.05) is 61.5 Å². The van der Waals surface area contributed by atoms with E-state index in [9.17, 15) is 9.90 Å². The summed E-state index contributed by atoms with van der Waals surface area (Å²) in [4.78, 5) is 12.8. The van der Waals surface area contributed by atoms with Gasteiger partial charge in [-0.1, -0.05) is 48.2 Å². The van der Waals surface area contributed by atoms with Crippen molar-refractivity contribution in [1.29, 1.82) is 0 Å². The van der Waals surface area contributed by atoms with Gasteiger partial charge in [-0.25, -0.2) is 0 Å². The molecule has 0 aromatic heterocycles. The lowest BCUT2D eigenvalue weighted by molar-refractivity contribution is -0.127. The van der Waals surface area contributed by atoms with Crippen molar-refractivity contribution in [2.75, 3.05) is 5.32 Å². The summed E-state index contributed by atoms with van der Waals surface area (Å²) in [6.45, 7) is 3.58. The fourth-order valence-electron chi connectivity index (χ4n) is 2.85.